The predicted molar refractivity (Wildman–Crippen MR) is 114 cm³/mol. The monoisotopic (exact) mass is 461 g/mol. The third-order valence-corrected chi connectivity index (χ3v) is 4.12. The van der Waals surface area contributed by atoms with E-state index in [2.05, 4.69) is 55.5 Å². The Kier molecular flexibility index (Phi) is 8.99. The van der Waals surface area contributed by atoms with Gasteiger partial charge < -0.3 is 20.1 Å². The molecule has 2 rings (SSSR count). The normalized spacial score (nSPS) is 17.3. The lowest BCUT2D eigenvalue weighted by molar-refractivity contribution is -0.0971. The maximum atomic E-state index is 5.73. The van der Waals surface area contributed by atoms with E-state index in [-0.39, 0.29) is 35.4 Å². The summed E-state index contributed by atoms with van der Waals surface area (Å²) in [6.45, 7) is 11.9. The van der Waals surface area contributed by atoms with E-state index < -0.39 is 0 Å². The Morgan fingerprint density at radius 3 is 2.36 bits per heavy atom. The lowest BCUT2D eigenvalue weighted by Crippen LogP contribution is -2.51. The van der Waals surface area contributed by atoms with Crippen LogP contribution in [0.2, 0.25) is 0 Å². The van der Waals surface area contributed by atoms with Crippen LogP contribution < -0.4 is 15.4 Å². The van der Waals surface area contributed by atoms with Gasteiger partial charge in [0.1, 0.15) is 5.75 Å². The molecule has 0 aromatic heterocycles. The summed E-state index contributed by atoms with van der Waals surface area (Å²) in [4.78, 5) is 4.31. The van der Waals surface area contributed by atoms with Crippen molar-refractivity contribution in [3.8, 4) is 5.75 Å². The van der Waals surface area contributed by atoms with Gasteiger partial charge in [0.2, 0.25) is 0 Å². The molecule has 1 fully saturated rings. The lowest BCUT2D eigenvalue weighted by Gasteiger charge is -2.38. The third kappa shape index (κ3) is 7.01. The molecule has 6 heteroatoms. The van der Waals surface area contributed by atoms with Gasteiger partial charge in [-0.15, -0.1) is 24.0 Å². The number of hydrogen-bond acceptors (Lipinski definition) is 3. The summed E-state index contributed by atoms with van der Waals surface area (Å²) in [5.41, 5.74) is 1.42. The zero-order chi connectivity index (χ0) is 17.6. The van der Waals surface area contributed by atoms with Crippen LogP contribution >= 0.6 is 24.0 Å². The number of halogens is 1. The van der Waals surface area contributed by atoms with E-state index in [0.717, 1.165) is 38.1 Å². The Labute approximate surface area is 169 Å². The van der Waals surface area contributed by atoms with Crippen LogP contribution in [-0.2, 0) is 4.74 Å². The minimum Gasteiger partial charge on any atom is -0.493 e. The van der Waals surface area contributed by atoms with Gasteiger partial charge in [-0.05, 0) is 30.5 Å². The first-order valence-electron chi connectivity index (χ1n) is 8.69. The fourth-order valence-corrected chi connectivity index (χ4v) is 2.45. The minimum absolute atomic E-state index is 0. The van der Waals surface area contributed by atoms with E-state index in [4.69, 9.17) is 9.47 Å². The van der Waals surface area contributed by atoms with Crippen molar-refractivity contribution in [2.45, 2.75) is 33.7 Å². The summed E-state index contributed by atoms with van der Waals surface area (Å²) in [7, 11) is 1.80. The van der Waals surface area contributed by atoms with E-state index in [1.807, 2.05) is 12.1 Å². The number of guanidine groups is 1. The molecule has 0 amide bonds. The number of benzene rings is 1. The van der Waals surface area contributed by atoms with E-state index in [1.165, 1.54) is 5.56 Å². The fraction of sp³-hybridized carbons (Fsp3) is 0.632. The van der Waals surface area contributed by atoms with Crippen molar-refractivity contribution >= 4 is 29.9 Å². The molecule has 1 saturated heterocycles. The van der Waals surface area contributed by atoms with Crippen LogP contribution in [0, 0.1) is 11.3 Å². The topological polar surface area (TPSA) is 54.9 Å². The molecule has 1 unspecified atom stereocenters. The number of rotatable bonds is 7. The largest absolute Gasteiger partial charge is 0.493 e. The molecule has 0 spiro atoms. The van der Waals surface area contributed by atoms with Gasteiger partial charge in [0.05, 0.1) is 25.9 Å². The maximum Gasteiger partial charge on any atom is 0.191 e. The van der Waals surface area contributed by atoms with Crippen LogP contribution in [0.3, 0.4) is 0 Å². The number of nitrogens with one attached hydrogen (secondary N) is 2. The number of hydrogen-bond donors (Lipinski definition) is 2. The van der Waals surface area contributed by atoms with Gasteiger partial charge in [-0.25, -0.2) is 0 Å². The molecule has 1 aromatic rings. The van der Waals surface area contributed by atoms with Crippen LogP contribution in [0.4, 0.5) is 0 Å². The van der Waals surface area contributed by atoms with Crippen LogP contribution in [-0.4, -0.2) is 39.4 Å². The number of nitrogens with zero attached hydrogens (tertiary/aromatic N) is 1. The molecule has 1 atom stereocenters. The molecule has 25 heavy (non-hydrogen) atoms. The standard InChI is InChI=1S/C19H31N3O2.HI/c1-14(2)10-24-17-8-6-16(7-9-17)15(3)22-18(20-5)21-11-19(4)12-23-13-19;/h6-9,14-15H,10-13H2,1-5H3,(H2,20,21,22);1H. The molecule has 1 aromatic carbocycles. The van der Waals surface area contributed by atoms with E-state index in [9.17, 15) is 0 Å². The summed E-state index contributed by atoms with van der Waals surface area (Å²) < 4.78 is 11.0. The Morgan fingerprint density at radius 2 is 1.88 bits per heavy atom. The van der Waals surface area contributed by atoms with Crippen molar-refractivity contribution in [1.29, 1.82) is 0 Å². The molecule has 0 bridgehead atoms. The Morgan fingerprint density at radius 1 is 1.24 bits per heavy atom. The SMILES string of the molecule is CN=C(NCC1(C)COC1)NC(C)c1ccc(OCC(C)C)cc1.I. The summed E-state index contributed by atoms with van der Waals surface area (Å²) in [6.07, 6.45) is 0. The Bertz CT molecular complexity index is 542. The summed E-state index contributed by atoms with van der Waals surface area (Å²) in [5.74, 6) is 2.26. The molecule has 5 nitrogen and oxygen atoms in total. The molecule has 0 aliphatic carbocycles. The van der Waals surface area contributed by atoms with Gasteiger partial charge in [0, 0.05) is 19.0 Å². The van der Waals surface area contributed by atoms with Crippen molar-refractivity contribution in [3.05, 3.63) is 29.8 Å². The number of aliphatic imine (C=N–C) groups is 1. The second kappa shape index (κ2) is 10.2. The smallest absolute Gasteiger partial charge is 0.191 e. The molecule has 0 saturated carbocycles. The van der Waals surface area contributed by atoms with Crippen molar-refractivity contribution in [2.24, 2.45) is 16.3 Å². The Hall–Kier alpha value is -1.02. The Balaban J connectivity index is 0.00000312. The average Bonchev–Trinajstić information content (AvgIpc) is 2.55. The first-order valence-corrected chi connectivity index (χ1v) is 8.69. The van der Waals surface area contributed by atoms with Crippen LogP contribution in [0.5, 0.6) is 5.75 Å². The van der Waals surface area contributed by atoms with Gasteiger partial charge in [-0.1, -0.05) is 32.9 Å². The first kappa shape index (κ1) is 22.0. The van der Waals surface area contributed by atoms with Gasteiger partial charge in [-0.2, -0.15) is 0 Å². The molecule has 1 aliphatic heterocycles. The fourth-order valence-electron chi connectivity index (χ4n) is 2.45. The van der Waals surface area contributed by atoms with Gasteiger partial charge >= 0.3 is 0 Å². The van der Waals surface area contributed by atoms with E-state index in [0.29, 0.717) is 5.92 Å². The first-order chi connectivity index (χ1) is 11.4. The highest BCUT2D eigenvalue weighted by Gasteiger charge is 2.33. The predicted octanol–water partition coefficient (Wildman–Crippen LogP) is 3.60. The lowest BCUT2D eigenvalue weighted by atomic mass is 9.89. The maximum absolute atomic E-state index is 5.73. The minimum atomic E-state index is 0. The molecule has 0 radical (unpaired) electrons. The van der Waals surface area contributed by atoms with Crippen molar-refractivity contribution < 1.29 is 9.47 Å². The van der Waals surface area contributed by atoms with Crippen molar-refractivity contribution in [3.63, 3.8) is 0 Å². The highest BCUT2D eigenvalue weighted by Crippen LogP contribution is 2.25. The second-order valence-electron chi connectivity index (χ2n) is 7.37. The third-order valence-electron chi connectivity index (χ3n) is 4.12. The van der Waals surface area contributed by atoms with Gasteiger partial charge in [0.25, 0.3) is 0 Å². The average molecular weight is 461 g/mol. The van der Waals surface area contributed by atoms with E-state index >= 15 is 0 Å². The number of ether oxygens (including phenoxy) is 2. The summed E-state index contributed by atoms with van der Waals surface area (Å²) >= 11 is 0. The quantitative estimate of drug-likeness (QED) is 0.370. The zero-order valence-corrected chi connectivity index (χ0v) is 18.3. The van der Waals surface area contributed by atoms with Crippen molar-refractivity contribution in [2.75, 3.05) is 33.4 Å². The van der Waals surface area contributed by atoms with Crippen LogP contribution in [0.1, 0.15) is 39.3 Å². The van der Waals surface area contributed by atoms with Crippen LogP contribution in [0.25, 0.3) is 0 Å². The van der Waals surface area contributed by atoms with Gasteiger partial charge in [0.15, 0.2) is 5.96 Å². The highest BCUT2D eigenvalue weighted by molar-refractivity contribution is 14.0. The molecule has 1 heterocycles. The zero-order valence-electron chi connectivity index (χ0n) is 16.0. The molecular weight excluding hydrogens is 429 g/mol. The molecule has 142 valence electrons. The van der Waals surface area contributed by atoms with E-state index in [1.54, 1.807) is 7.05 Å². The van der Waals surface area contributed by atoms with Crippen LogP contribution in [0.15, 0.2) is 29.3 Å². The molecule has 1 aliphatic rings. The van der Waals surface area contributed by atoms with Gasteiger partial charge in [-0.3, -0.25) is 4.99 Å². The summed E-state index contributed by atoms with van der Waals surface area (Å²) in [6, 6.07) is 8.42. The second-order valence-corrected chi connectivity index (χ2v) is 7.37. The molecule has 2 N–H and O–H groups in total. The summed E-state index contributed by atoms with van der Waals surface area (Å²) in [5, 5.41) is 6.82. The molecular formula is C19H32IN3O2. The van der Waals surface area contributed by atoms with Crippen molar-refractivity contribution in [1.82, 2.24) is 10.6 Å². The highest BCUT2D eigenvalue weighted by atomic mass is 127.